The molecule has 92 valence electrons. The quantitative estimate of drug-likeness (QED) is 0.807. The van der Waals surface area contributed by atoms with Crippen LogP contribution >= 0.6 is 0 Å². The van der Waals surface area contributed by atoms with Gasteiger partial charge in [0.05, 0.1) is 23.6 Å². The van der Waals surface area contributed by atoms with Gasteiger partial charge in [-0.25, -0.2) is 8.42 Å². The number of carbonyl (C=O) groups excluding carboxylic acids is 1. The molecule has 2 rings (SSSR count). The second-order valence-corrected chi connectivity index (χ2v) is 5.81. The van der Waals surface area contributed by atoms with Crippen LogP contribution in [0, 0.1) is 0 Å². The van der Waals surface area contributed by atoms with Gasteiger partial charge in [-0.3, -0.25) is 9.52 Å². The van der Waals surface area contributed by atoms with Crippen LogP contribution in [0.5, 0.6) is 5.75 Å². The molecule has 1 aliphatic rings. The predicted molar refractivity (Wildman–Crippen MR) is 63.9 cm³/mol. The molecular formula is C11H13NO4S. The number of rotatable bonds is 5. The number of hydrogen-bond acceptors (Lipinski definition) is 4. The number of nitrogens with one attached hydrogen (secondary N) is 1. The summed E-state index contributed by atoms with van der Waals surface area (Å²) in [6, 6.07) is 4.60. The molecule has 0 unspecified atom stereocenters. The van der Waals surface area contributed by atoms with E-state index in [9.17, 15) is 13.2 Å². The van der Waals surface area contributed by atoms with Crippen molar-refractivity contribution in [2.45, 2.75) is 18.9 Å². The van der Waals surface area contributed by atoms with Gasteiger partial charge in [-0.05, 0) is 25.0 Å². The van der Waals surface area contributed by atoms with Crippen LogP contribution in [-0.4, -0.2) is 27.1 Å². The Morgan fingerprint density at radius 3 is 2.65 bits per heavy atom. The summed E-state index contributed by atoms with van der Waals surface area (Å²) in [6.45, 7) is 0. The van der Waals surface area contributed by atoms with Gasteiger partial charge >= 0.3 is 0 Å². The number of benzene rings is 1. The Morgan fingerprint density at radius 1 is 1.41 bits per heavy atom. The fourth-order valence-electron chi connectivity index (χ4n) is 1.38. The third-order valence-electron chi connectivity index (χ3n) is 2.26. The van der Waals surface area contributed by atoms with Crippen molar-refractivity contribution in [2.24, 2.45) is 0 Å². The molecular weight excluding hydrogens is 242 g/mol. The summed E-state index contributed by atoms with van der Waals surface area (Å²) in [7, 11) is -3.32. The van der Waals surface area contributed by atoms with Crippen LogP contribution in [0.1, 0.15) is 23.2 Å². The third kappa shape index (κ3) is 3.45. The average Bonchev–Trinajstić information content (AvgIpc) is 3.00. The Morgan fingerprint density at radius 2 is 2.12 bits per heavy atom. The molecule has 0 spiro atoms. The van der Waals surface area contributed by atoms with Crippen molar-refractivity contribution >= 4 is 22.0 Å². The molecule has 1 aromatic carbocycles. The van der Waals surface area contributed by atoms with Crippen LogP contribution in [0.25, 0.3) is 0 Å². The number of sulfonamides is 1. The van der Waals surface area contributed by atoms with Gasteiger partial charge in [-0.1, -0.05) is 0 Å². The number of ether oxygens (including phenoxy) is 1. The van der Waals surface area contributed by atoms with Gasteiger partial charge in [-0.15, -0.1) is 0 Å². The summed E-state index contributed by atoms with van der Waals surface area (Å²) in [6.07, 6.45) is 3.87. The molecule has 6 heteroatoms. The van der Waals surface area contributed by atoms with Gasteiger partial charge in [-0.2, -0.15) is 0 Å². The van der Waals surface area contributed by atoms with E-state index in [0.29, 0.717) is 23.3 Å². The predicted octanol–water partition coefficient (Wildman–Crippen LogP) is 1.41. The minimum atomic E-state index is -3.32. The minimum Gasteiger partial charge on any atom is -0.490 e. The van der Waals surface area contributed by atoms with E-state index < -0.39 is 10.0 Å². The van der Waals surface area contributed by atoms with Crippen LogP contribution in [-0.2, 0) is 10.0 Å². The van der Waals surface area contributed by atoms with Gasteiger partial charge < -0.3 is 4.74 Å². The molecule has 1 fully saturated rings. The van der Waals surface area contributed by atoms with Crippen LogP contribution in [0.15, 0.2) is 18.2 Å². The van der Waals surface area contributed by atoms with Crippen LogP contribution < -0.4 is 9.46 Å². The molecule has 1 aliphatic carbocycles. The molecule has 0 heterocycles. The minimum absolute atomic E-state index is 0.155. The van der Waals surface area contributed by atoms with Crippen LogP contribution in [0.2, 0.25) is 0 Å². The summed E-state index contributed by atoms with van der Waals surface area (Å²) >= 11 is 0. The second kappa shape index (κ2) is 4.37. The van der Waals surface area contributed by atoms with E-state index >= 15 is 0 Å². The maximum absolute atomic E-state index is 11.1. The molecule has 0 aromatic heterocycles. The lowest BCUT2D eigenvalue weighted by molar-refractivity contribution is 0.111. The van der Waals surface area contributed by atoms with Crippen molar-refractivity contribution in [1.29, 1.82) is 0 Å². The Hall–Kier alpha value is -1.56. The van der Waals surface area contributed by atoms with E-state index in [0.717, 1.165) is 19.1 Å². The van der Waals surface area contributed by atoms with Gasteiger partial charge in [0.1, 0.15) is 5.75 Å². The zero-order chi connectivity index (χ0) is 12.5. The van der Waals surface area contributed by atoms with Crippen molar-refractivity contribution in [3.05, 3.63) is 23.8 Å². The van der Waals surface area contributed by atoms with E-state index in [-0.39, 0.29) is 6.10 Å². The smallest absolute Gasteiger partial charge is 0.229 e. The number of aldehydes is 1. The molecule has 17 heavy (non-hydrogen) atoms. The number of anilines is 1. The molecule has 0 atom stereocenters. The van der Waals surface area contributed by atoms with Crippen molar-refractivity contribution < 1.29 is 17.9 Å². The Labute approximate surface area is 99.8 Å². The van der Waals surface area contributed by atoms with Gasteiger partial charge in [0.15, 0.2) is 6.29 Å². The lowest BCUT2D eigenvalue weighted by atomic mass is 10.2. The molecule has 1 aromatic rings. The van der Waals surface area contributed by atoms with Crippen molar-refractivity contribution in [3.8, 4) is 5.75 Å². The zero-order valence-electron chi connectivity index (χ0n) is 9.34. The summed E-state index contributed by atoms with van der Waals surface area (Å²) in [4.78, 5) is 10.8. The summed E-state index contributed by atoms with van der Waals surface area (Å²) in [5, 5.41) is 0. The maximum atomic E-state index is 11.1. The molecule has 1 N–H and O–H groups in total. The number of carbonyl (C=O) groups is 1. The first-order valence-electron chi connectivity index (χ1n) is 5.21. The highest BCUT2D eigenvalue weighted by Crippen LogP contribution is 2.30. The molecule has 5 nitrogen and oxygen atoms in total. The van der Waals surface area contributed by atoms with Crippen molar-refractivity contribution in [3.63, 3.8) is 0 Å². The molecule has 0 bridgehead atoms. The van der Waals surface area contributed by atoms with Crippen molar-refractivity contribution in [1.82, 2.24) is 0 Å². The Kier molecular flexibility index (Phi) is 3.06. The fraction of sp³-hybridized carbons (Fsp3) is 0.364. The fourth-order valence-corrected chi connectivity index (χ4v) is 1.93. The van der Waals surface area contributed by atoms with Crippen LogP contribution in [0.4, 0.5) is 5.69 Å². The zero-order valence-corrected chi connectivity index (χ0v) is 10.2. The Bertz CT molecular complexity index is 534. The van der Waals surface area contributed by atoms with Crippen molar-refractivity contribution in [2.75, 3.05) is 11.0 Å². The highest BCUT2D eigenvalue weighted by Gasteiger charge is 2.24. The highest BCUT2D eigenvalue weighted by atomic mass is 32.2. The molecule has 0 saturated heterocycles. The first-order valence-corrected chi connectivity index (χ1v) is 7.11. The van der Waals surface area contributed by atoms with Gasteiger partial charge in [0.25, 0.3) is 0 Å². The first-order chi connectivity index (χ1) is 7.98. The SMILES string of the molecule is CS(=O)(=O)Nc1ccc(C=O)c(OC2CC2)c1. The second-order valence-electron chi connectivity index (χ2n) is 4.06. The summed E-state index contributed by atoms with van der Waals surface area (Å²) in [5.41, 5.74) is 0.824. The van der Waals surface area contributed by atoms with Gasteiger partial charge in [0.2, 0.25) is 10.0 Å². The normalized spacial score (nSPS) is 15.4. The van der Waals surface area contributed by atoms with Crippen LogP contribution in [0.3, 0.4) is 0 Å². The molecule has 0 radical (unpaired) electrons. The van der Waals surface area contributed by atoms with E-state index in [4.69, 9.17) is 4.74 Å². The van der Waals surface area contributed by atoms with Gasteiger partial charge in [0, 0.05) is 6.07 Å². The lowest BCUT2D eigenvalue weighted by Gasteiger charge is -2.10. The van der Waals surface area contributed by atoms with E-state index in [1.807, 2.05) is 0 Å². The summed E-state index contributed by atoms with van der Waals surface area (Å²) < 4.78 is 30.0. The highest BCUT2D eigenvalue weighted by molar-refractivity contribution is 7.92. The standard InChI is InChI=1S/C11H13NO4S/c1-17(14,15)12-9-3-2-8(7-13)11(6-9)16-10-4-5-10/h2-3,6-7,10,12H,4-5H2,1H3. The van der Waals surface area contributed by atoms with E-state index in [1.54, 1.807) is 0 Å². The molecule has 0 aliphatic heterocycles. The molecule has 1 saturated carbocycles. The van der Waals surface area contributed by atoms with E-state index in [2.05, 4.69) is 4.72 Å². The monoisotopic (exact) mass is 255 g/mol. The summed E-state index contributed by atoms with van der Waals surface area (Å²) in [5.74, 6) is 0.427. The topological polar surface area (TPSA) is 72.5 Å². The maximum Gasteiger partial charge on any atom is 0.229 e. The number of hydrogen-bond donors (Lipinski definition) is 1. The molecule has 0 amide bonds. The third-order valence-corrected chi connectivity index (χ3v) is 2.87. The lowest BCUT2D eigenvalue weighted by Crippen LogP contribution is -2.10. The van der Waals surface area contributed by atoms with E-state index in [1.165, 1.54) is 18.2 Å². The average molecular weight is 255 g/mol. The Balaban J connectivity index is 2.26. The largest absolute Gasteiger partial charge is 0.490 e. The first kappa shape index (κ1) is 11.9.